The van der Waals surface area contributed by atoms with Crippen LogP contribution < -0.4 is 11.1 Å². The van der Waals surface area contributed by atoms with Crippen LogP contribution in [-0.4, -0.2) is 57.6 Å². The summed E-state index contributed by atoms with van der Waals surface area (Å²) in [6, 6.07) is 6.61. The highest BCUT2D eigenvalue weighted by atomic mass is 32.1. The standard InChI is InChI=1S/C18H21FN4OS.2C2H4O2/c19-13-3-1-2-11(6-13)17-15-8-21-7-12(15)9-23(17)16(24)5-4-14-10-25-18(20)22-14;2*1-2(3)4/h1-3,6,10,12,15,17,21H,4-5,7-9H2,(H2,20,22);2*1H3,(H,3,4)/t12-,15-,17-;;/m0../s1. The molecule has 0 bridgehead atoms. The Balaban J connectivity index is 0.000000420. The van der Waals surface area contributed by atoms with E-state index in [1.807, 2.05) is 16.3 Å². The number of aryl methyl sites for hydroxylation is 1. The van der Waals surface area contributed by atoms with Gasteiger partial charge in [0.25, 0.3) is 11.9 Å². The highest BCUT2D eigenvalue weighted by Gasteiger charge is 2.46. The van der Waals surface area contributed by atoms with E-state index in [0.29, 0.717) is 29.8 Å². The van der Waals surface area contributed by atoms with E-state index >= 15 is 0 Å². The Morgan fingerprint density at radius 3 is 2.48 bits per heavy atom. The SMILES string of the molecule is CC(=O)O.CC(=O)O.Nc1nc(CCC(=O)N2C[C@@H]3CNC[C@@H]3[C@@H]2c2cccc(F)c2)cs1. The third kappa shape index (κ3) is 8.10. The van der Waals surface area contributed by atoms with Crippen molar-refractivity contribution in [2.75, 3.05) is 25.4 Å². The number of nitrogens with one attached hydrogen (secondary N) is 1. The lowest BCUT2D eigenvalue weighted by Crippen LogP contribution is -2.34. The molecule has 4 rings (SSSR count). The van der Waals surface area contributed by atoms with Crippen molar-refractivity contribution in [3.63, 3.8) is 0 Å². The van der Waals surface area contributed by atoms with Gasteiger partial charge < -0.3 is 26.2 Å². The predicted octanol–water partition coefficient (Wildman–Crippen LogP) is 2.40. The number of carboxylic acid groups (broad SMARTS) is 2. The molecule has 0 aliphatic carbocycles. The molecule has 33 heavy (non-hydrogen) atoms. The van der Waals surface area contributed by atoms with Gasteiger partial charge in [-0.15, -0.1) is 11.3 Å². The fourth-order valence-electron chi connectivity index (χ4n) is 4.11. The number of nitrogens with two attached hydrogens (primary N) is 1. The Labute approximate surface area is 195 Å². The molecule has 2 aliphatic heterocycles. The topological polar surface area (TPSA) is 146 Å². The molecule has 1 aromatic carbocycles. The molecule has 0 radical (unpaired) electrons. The number of carbonyl (C=O) groups excluding carboxylic acids is 1. The lowest BCUT2D eigenvalue weighted by atomic mass is 9.89. The van der Waals surface area contributed by atoms with Crippen LogP contribution in [-0.2, 0) is 20.8 Å². The van der Waals surface area contributed by atoms with E-state index in [9.17, 15) is 9.18 Å². The summed E-state index contributed by atoms with van der Waals surface area (Å²) in [4.78, 5) is 37.0. The number of fused-ring (bicyclic) bond motifs is 1. The van der Waals surface area contributed by atoms with Crippen LogP contribution in [0.2, 0.25) is 0 Å². The Morgan fingerprint density at radius 2 is 1.91 bits per heavy atom. The minimum atomic E-state index is -0.833. The highest BCUT2D eigenvalue weighted by Crippen LogP contribution is 2.43. The summed E-state index contributed by atoms with van der Waals surface area (Å²) in [7, 11) is 0. The number of hydrogen-bond donors (Lipinski definition) is 4. The maximum atomic E-state index is 13.7. The van der Waals surface area contributed by atoms with Gasteiger partial charge in [-0.25, -0.2) is 9.37 Å². The number of nitrogens with zero attached hydrogens (tertiary/aromatic N) is 2. The quantitative estimate of drug-likeness (QED) is 0.522. The zero-order valence-electron chi connectivity index (χ0n) is 18.5. The van der Waals surface area contributed by atoms with E-state index in [1.165, 1.54) is 17.4 Å². The maximum absolute atomic E-state index is 13.7. The summed E-state index contributed by atoms with van der Waals surface area (Å²) in [5.41, 5.74) is 7.40. The van der Waals surface area contributed by atoms with Crippen LogP contribution in [0.4, 0.5) is 9.52 Å². The third-order valence-corrected chi connectivity index (χ3v) is 5.96. The van der Waals surface area contributed by atoms with Crippen LogP contribution >= 0.6 is 11.3 Å². The van der Waals surface area contributed by atoms with Crippen LogP contribution in [0.1, 0.15) is 37.6 Å². The minimum Gasteiger partial charge on any atom is -0.481 e. The Morgan fingerprint density at radius 1 is 1.24 bits per heavy atom. The Hall–Kier alpha value is -3.05. The average molecular weight is 481 g/mol. The summed E-state index contributed by atoms with van der Waals surface area (Å²) in [6.07, 6.45) is 0.994. The van der Waals surface area contributed by atoms with Crippen molar-refractivity contribution >= 4 is 34.3 Å². The molecule has 1 aromatic heterocycles. The number of amides is 1. The number of carboxylic acids is 2. The molecule has 2 saturated heterocycles. The van der Waals surface area contributed by atoms with Crippen LogP contribution in [0.5, 0.6) is 0 Å². The number of thiazole rings is 1. The number of nitrogen functional groups attached to an aromatic ring is 1. The zero-order chi connectivity index (χ0) is 24.5. The van der Waals surface area contributed by atoms with Gasteiger partial charge in [-0.2, -0.15) is 0 Å². The van der Waals surface area contributed by atoms with Gasteiger partial charge in [-0.05, 0) is 30.0 Å². The van der Waals surface area contributed by atoms with Gasteiger partial charge in [0.2, 0.25) is 5.91 Å². The van der Waals surface area contributed by atoms with Crippen LogP contribution in [0, 0.1) is 17.7 Å². The first-order valence-electron chi connectivity index (χ1n) is 10.4. The van der Waals surface area contributed by atoms with Crippen molar-refractivity contribution in [2.45, 2.75) is 32.7 Å². The lowest BCUT2D eigenvalue weighted by Gasteiger charge is -2.28. The minimum absolute atomic E-state index is 0.0521. The normalized spacial score (nSPS) is 20.7. The van der Waals surface area contributed by atoms with Crippen molar-refractivity contribution in [1.82, 2.24) is 15.2 Å². The van der Waals surface area contributed by atoms with E-state index in [0.717, 1.165) is 44.7 Å². The Bertz CT molecular complexity index is 950. The Kier molecular flexibility index (Phi) is 9.74. The number of halogens is 1. The monoisotopic (exact) mass is 480 g/mol. The van der Waals surface area contributed by atoms with Gasteiger partial charge in [-0.3, -0.25) is 14.4 Å². The molecule has 1 amide bonds. The molecular weight excluding hydrogens is 451 g/mol. The van der Waals surface area contributed by atoms with Crippen molar-refractivity contribution in [3.05, 3.63) is 46.7 Å². The molecule has 3 heterocycles. The predicted molar refractivity (Wildman–Crippen MR) is 122 cm³/mol. The number of benzene rings is 1. The van der Waals surface area contributed by atoms with E-state index in [1.54, 1.807) is 12.1 Å². The largest absolute Gasteiger partial charge is 0.481 e. The molecule has 5 N–H and O–H groups in total. The smallest absolute Gasteiger partial charge is 0.300 e. The molecule has 2 aliphatic rings. The molecule has 3 atom stereocenters. The molecule has 0 saturated carbocycles. The van der Waals surface area contributed by atoms with Crippen LogP contribution in [0.25, 0.3) is 0 Å². The summed E-state index contributed by atoms with van der Waals surface area (Å²) in [5.74, 6) is -1.03. The second kappa shape index (κ2) is 12.3. The van der Waals surface area contributed by atoms with Crippen molar-refractivity contribution in [3.8, 4) is 0 Å². The summed E-state index contributed by atoms with van der Waals surface area (Å²) >= 11 is 1.39. The van der Waals surface area contributed by atoms with Crippen LogP contribution in [0.15, 0.2) is 29.6 Å². The van der Waals surface area contributed by atoms with E-state index < -0.39 is 11.9 Å². The van der Waals surface area contributed by atoms with Crippen molar-refractivity contribution in [1.29, 1.82) is 0 Å². The van der Waals surface area contributed by atoms with Gasteiger partial charge in [-0.1, -0.05) is 12.1 Å². The number of aliphatic carboxylic acids is 2. The van der Waals surface area contributed by atoms with Crippen molar-refractivity contribution < 1.29 is 29.0 Å². The van der Waals surface area contributed by atoms with Gasteiger partial charge in [0, 0.05) is 51.2 Å². The molecular formula is C22H29FN4O5S. The number of carbonyl (C=O) groups is 3. The van der Waals surface area contributed by atoms with Crippen LogP contribution in [0.3, 0.4) is 0 Å². The summed E-state index contributed by atoms with van der Waals surface area (Å²) in [6.45, 7) is 4.69. The third-order valence-electron chi connectivity index (χ3n) is 5.24. The number of rotatable bonds is 4. The fraction of sp³-hybridized carbons (Fsp3) is 0.455. The summed E-state index contributed by atoms with van der Waals surface area (Å²) in [5, 5.41) is 20.7. The average Bonchev–Trinajstić information content (AvgIpc) is 3.40. The second-order valence-electron chi connectivity index (χ2n) is 7.84. The molecule has 2 aromatic rings. The lowest BCUT2D eigenvalue weighted by molar-refractivity contribution is -0.135. The first-order chi connectivity index (χ1) is 15.6. The molecule has 0 spiro atoms. The molecule has 11 heteroatoms. The number of hydrogen-bond acceptors (Lipinski definition) is 7. The van der Waals surface area contributed by atoms with Crippen molar-refractivity contribution in [2.24, 2.45) is 11.8 Å². The molecule has 180 valence electrons. The first-order valence-corrected chi connectivity index (χ1v) is 11.3. The molecule has 9 nitrogen and oxygen atoms in total. The van der Waals surface area contributed by atoms with E-state index in [4.69, 9.17) is 25.5 Å². The van der Waals surface area contributed by atoms with Gasteiger partial charge >= 0.3 is 0 Å². The van der Waals surface area contributed by atoms with E-state index in [2.05, 4.69) is 10.3 Å². The zero-order valence-corrected chi connectivity index (χ0v) is 19.3. The van der Waals surface area contributed by atoms with Gasteiger partial charge in [0.15, 0.2) is 5.13 Å². The number of aromatic nitrogens is 1. The maximum Gasteiger partial charge on any atom is 0.300 e. The van der Waals surface area contributed by atoms with Gasteiger partial charge in [0.05, 0.1) is 11.7 Å². The molecule has 0 unspecified atom stereocenters. The van der Waals surface area contributed by atoms with Gasteiger partial charge in [0.1, 0.15) is 5.82 Å². The molecule has 2 fully saturated rings. The first kappa shape index (κ1) is 26.2. The number of likely N-dealkylation sites (tertiary alicyclic amines) is 1. The van der Waals surface area contributed by atoms with E-state index in [-0.39, 0.29) is 17.8 Å². The summed E-state index contributed by atoms with van der Waals surface area (Å²) < 4.78 is 13.7. The highest BCUT2D eigenvalue weighted by molar-refractivity contribution is 7.13. The number of anilines is 1. The fourth-order valence-corrected chi connectivity index (χ4v) is 4.71. The second-order valence-corrected chi connectivity index (χ2v) is 8.73.